The molecule has 140 valence electrons. The van der Waals surface area contributed by atoms with Crippen LogP contribution in [-0.2, 0) is 14.8 Å². The molecule has 1 amide bonds. The van der Waals surface area contributed by atoms with Gasteiger partial charge in [0.25, 0.3) is 0 Å². The lowest BCUT2D eigenvalue weighted by atomic mass is 10.2. The number of rotatable bonds is 8. The number of hydrogen-bond donors (Lipinski definition) is 1. The second-order valence-corrected chi connectivity index (χ2v) is 7.89. The summed E-state index contributed by atoms with van der Waals surface area (Å²) in [5, 5.41) is 3.21. The lowest BCUT2D eigenvalue weighted by Gasteiger charge is -2.24. The van der Waals surface area contributed by atoms with Crippen molar-refractivity contribution in [3.05, 3.63) is 53.6 Å². The standard InChI is InChI=1S/C18H21ClN2O4S/c1-3-25-17-10-5-4-9-16(17)21(26(2,23)24)12-11-18(22)20-15-8-6-7-14(19)13-15/h4-10,13H,3,11-12H2,1-2H3,(H,20,22). The highest BCUT2D eigenvalue weighted by Gasteiger charge is 2.22. The molecule has 0 saturated carbocycles. The van der Waals surface area contributed by atoms with Gasteiger partial charge in [-0.25, -0.2) is 8.42 Å². The molecular formula is C18H21ClN2O4S. The van der Waals surface area contributed by atoms with Crippen molar-refractivity contribution >= 4 is 38.9 Å². The van der Waals surface area contributed by atoms with Gasteiger partial charge in [-0.1, -0.05) is 29.8 Å². The molecule has 1 N–H and O–H groups in total. The van der Waals surface area contributed by atoms with Crippen LogP contribution in [-0.4, -0.2) is 33.7 Å². The molecule has 0 aliphatic rings. The van der Waals surface area contributed by atoms with Crippen LogP contribution in [0.2, 0.25) is 5.02 Å². The Labute approximate surface area is 158 Å². The molecule has 6 nitrogen and oxygen atoms in total. The quantitative estimate of drug-likeness (QED) is 0.740. The Morgan fingerprint density at radius 2 is 1.92 bits per heavy atom. The maximum absolute atomic E-state index is 12.2. The third-order valence-corrected chi connectivity index (χ3v) is 4.90. The Hall–Kier alpha value is -2.25. The normalized spacial score (nSPS) is 11.0. The summed E-state index contributed by atoms with van der Waals surface area (Å²) in [5.74, 6) is 0.144. The number of halogens is 1. The van der Waals surface area contributed by atoms with E-state index in [2.05, 4.69) is 5.32 Å². The van der Waals surface area contributed by atoms with Gasteiger partial charge in [-0.15, -0.1) is 0 Å². The predicted molar refractivity (Wildman–Crippen MR) is 104 cm³/mol. The molecule has 8 heteroatoms. The molecule has 0 aliphatic carbocycles. The number of para-hydroxylation sites is 2. The first-order chi connectivity index (χ1) is 12.3. The molecule has 0 aromatic heterocycles. The Balaban J connectivity index is 2.13. The van der Waals surface area contributed by atoms with Crippen molar-refractivity contribution in [1.82, 2.24) is 0 Å². The Morgan fingerprint density at radius 3 is 2.58 bits per heavy atom. The van der Waals surface area contributed by atoms with E-state index in [0.717, 1.165) is 6.26 Å². The first-order valence-electron chi connectivity index (χ1n) is 8.06. The van der Waals surface area contributed by atoms with Gasteiger partial charge < -0.3 is 10.1 Å². The van der Waals surface area contributed by atoms with Crippen LogP contribution in [0.5, 0.6) is 5.75 Å². The van der Waals surface area contributed by atoms with Gasteiger partial charge >= 0.3 is 0 Å². The van der Waals surface area contributed by atoms with Gasteiger partial charge in [0.05, 0.1) is 18.6 Å². The summed E-state index contributed by atoms with van der Waals surface area (Å²) in [5.41, 5.74) is 0.968. The molecule has 0 heterocycles. The van der Waals surface area contributed by atoms with Crippen LogP contribution in [0.3, 0.4) is 0 Å². The minimum Gasteiger partial charge on any atom is -0.492 e. The SMILES string of the molecule is CCOc1ccccc1N(CCC(=O)Nc1cccc(Cl)c1)S(C)(=O)=O. The lowest BCUT2D eigenvalue weighted by Crippen LogP contribution is -2.33. The molecule has 0 spiro atoms. The fourth-order valence-electron chi connectivity index (χ4n) is 2.40. The second kappa shape index (κ2) is 8.91. The number of carbonyl (C=O) groups excluding carboxylic acids is 1. The van der Waals surface area contributed by atoms with Crippen LogP contribution in [0, 0.1) is 0 Å². The van der Waals surface area contributed by atoms with Crippen LogP contribution in [0.25, 0.3) is 0 Å². The number of hydrogen-bond acceptors (Lipinski definition) is 4. The van der Waals surface area contributed by atoms with Crippen LogP contribution in [0.4, 0.5) is 11.4 Å². The summed E-state index contributed by atoms with van der Waals surface area (Å²) >= 11 is 5.89. The number of nitrogens with zero attached hydrogens (tertiary/aromatic N) is 1. The summed E-state index contributed by atoms with van der Waals surface area (Å²) < 4.78 is 31.1. The van der Waals surface area contributed by atoms with Crippen LogP contribution in [0.1, 0.15) is 13.3 Å². The zero-order valence-corrected chi connectivity index (χ0v) is 16.2. The van der Waals surface area contributed by atoms with Crippen LogP contribution >= 0.6 is 11.6 Å². The first kappa shape index (κ1) is 20.1. The van der Waals surface area contributed by atoms with E-state index < -0.39 is 10.0 Å². The van der Waals surface area contributed by atoms with Gasteiger partial charge in [0.2, 0.25) is 15.9 Å². The van der Waals surface area contributed by atoms with Gasteiger partial charge in [0.1, 0.15) is 5.75 Å². The first-order valence-corrected chi connectivity index (χ1v) is 10.3. The number of benzene rings is 2. The van der Waals surface area contributed by atoms with Crippen molar-refractivity contribution in [2.24, 2.45) is 0 Å². The third-order valence-electron chi connectivity index (χ3n) is 3.48. The summed E-state index contributed by atoms with van der Waals surface area (Å²) in [6.45, 7) is 2.22. The molecule has 2 rings (SSSR count). The van der Waals surface area contributed by atoms with E-state index in [0.29, 0.717) is 28.8 Å². The largest absolute Gasteiger partial charge is 0.492 e. The number of amides is 1. The summed E-state index contributed by atoms with van der Waals surface area (Å²) in [7, 11) is -3.58. The second-order valence-electron chi connectivity index (χ2n) is 5.54. The molecule has 0 aliphatic heterocycles. The number of nitrogens with one attached hydrogen (secondary N) is 1. The van der Waals surface area contributed by atoms with Crippen LogP contribution in [0.15, 0.2) is 48.5 Å². The summed E-state index contributed by atoms with van der Waals surface area (Å²) in [6.07, 6.45) is 1.09. The lowest BCUT2D eigenvalue weighted by molar-refractivity contribution is -0.116. The zero-order chi connectivity index (χ0) is 19.2. The third kappa shape index (κ3) is 5.64. The number of anilines is 2. The molecule has 2 aromatic rings. The Kier molecular flexibility index (Phi) is 6.88. The van der Waals surface area contributed by atoms with Crippen molar-refractivity contribution in [1.29, 1.82) is 0 Å². The van der Waals surface area contributed by atoms with E-state index in [1.807, 2.05) is 6.92 Å². The average molecular weight is 397 g/mol. The smallest absolute Gasteiger partial charge is 0.232 e. The van der Waals surface area contributed by atoms with E-state index in [-0.39, 0.29) is 18.9 Å². The summed E-state index contributed by atoms with van der Waals surface area (Å²) in [6, 6.07) is 13.6. The molecule has 0 bridgehead atoms. The minimum atomic E-state index is -3.58. The Bertz CT molecular complexity index is 871. The van der Waals surface area contributed by atoms with Gasteiger partial charge in [-0.2, -0.15) is 0 Å². The summed E-state index contributed by atoms with van der Waals surface area (Å²) in [4.78, 5) is 12.2. The van der Waals surface area contributed by atoms with Gasteiger partial charge in [0, 0.05) is 23.7 Å². The van der Waals surface area contributed by atoms with E-state index in [1.54, 1.807) is 48.5 Å². The van der Waals surface area contributed by atoms with Gasteiger partial charge in [-0.05, 0) is 37.3 Å². The highest BCUT2D eigenvalue weighted by Crippen LogP contribution is 2.30. The monoisotopic (exact) mass is 396 g/mol. The zero-order valence-electron chi connectivity index (χ0n) is 14.6. The fourth-order valence-corrected chi connectivity index (χ4v) is 3.52. The molecule has 0 atom stereocenters. The number of carbonyl (C=O) groups is 1. The van der Waals surface area contributed by atoms with Crippen molar-refractivity contribution in [2.45, 2.75) is 13.3 Å². The maximum Gasteiger partial charge on any atom is 0.232 e. The van der Waals surface area contributed by atoms with Crippen molar-refractivity contribution < 1.29 is 17.9 Å². The maximum atomic E-state index is 12.2. The molecule has 2 aromatic carbocycles. The Morgan fingerprint density at radius 1 is 1.19 bits per heavy atom. The van der Waals surface area contributed by atoms with E-state index in [9.17, 15) is 13.2 Å². The van der Waals surface area contributed by atoms with Gasteiger partial charge in [0.15, 0.2) is 0 Å². The number of ether oxygens (including phenoxy) is 1. The molecular weight excluding hydrogens is 376 g/mol. The highest BCUT2D eigenvalue weighted by molar-refractivity contribution is 7.92. The molecule has 0 unspecified atom stereocenters. The molecule has 0 fully saturated rings. The van der Waals surface area contributed by atoms with Crippen molar-refractivity contribution in [3.63, 3.8) is 0 Å². The topological polar surface area (TPSA) is 75.7 Å². The minimum absolute atomic E-state index is 0.00464. The molecule has 26 heavy (non-hydrogen) atoms. The average Bonchev–Trinajstić information content (AvgIpc) is 2.55. The molecule has 0 saturated heterocycles. The van der Waals surface area contributed by atoms with Crippen LogP contribution < -0.4 is 14.4 Å². The van der Waals surface area contributed by atoms with E-state index in [1.165, 1.54) is 4.31 Å². The van der Waals surface area contributed by atoms with Crippen molar-refractivity contribution in [3.8, 4) is 5.75 Å². The predicted octanol–water partition coefficient (Wildman–Crippen LogP) is 3.53. The van der Waals surface area contributed by atoms with Gasteiger partial charge in [-0.3, -0.25) is 9.10 Å². The van der Waals surface area contributed by atoms with Crippen molar-refractivity contribution in [2.75, 3.05) is 29.0 Å². The molecule has 0 radical (unpaired) electrons. The highest BCUT2D eigenvalue weighted by atomic mass is 35.5. The van der Waals surface area contributed by atoms with E-state index in [4.69, 9.17) is 16.3 Å². The fraction of sp³-hybridized carbons (Fsp3) is 0.278. The number of sulfonamides is 1. The van der Waals surface area contributed by atoms with E-state index >= 15 is 0 Å².